The molecule has 1 aliphatic rings. The molecule has 2 rings (SSSR count). The van der Waals surface area contributed by atoms with Gasteiger partial charge in [-0.15, -0.1) is 0 Å². The Hall–Kier alpha value is 0.120. The molecule has 1 saturated heterocycles. The van der Waals surface area contributed by atoms with Crippen LogP contribution < -0.4 is 5.73 Å². The lowest BCUT2D eigenvalue weighted by atomic mass is 10.0. The number of likely N-dealkylation sites (tertiary alicyclic amines) is 1. The van der Waals surface area contributed by atoms with Crippen LogP contribution in [0.3, 0.4) is 0 Å². The molecule has 0 spiro atoms. The van der Waals surface area contributed by atoms with Crippen LogP contribution in [0.15, 0.2) is 19.6 Å². The van der Waals surface area contributed by atoms with Crippen LogP contribution >= 0.6 is 31.9 Å². The molecule has 1 aromatic rings. The molecule has 1 unspecified atom stereocenters. The summed E-state index contributed by atoms with van der Waals surface area (Å²) in [5.41, 5.74) is 5.92. The van der Waals surface area contributed by atoms with Gasteiger partial charge in [0.05, 0.1) is 16.6 Å². The first-order valence-corrected chi connectivity index (χ1v) is 8.24. The van der Waals surface area contributed by atoms with Crippen molar-refractivity contribution in [2.45, 2.75) is 31.9 Å². The zero-order chi connectivity index (χ0) is 13.8. The van der Waals surface area contributed by atoms with Gasteiger partial charge in [0.1, 0.15) is 5.76 Å². The molecular weight excluding hydrogens is 376 g/mol. The summed E-state index contributed by atoms with van der Waals surface area (Å²) in [6.45, 7) is 5.41. The Kier molecular flexibility index (Phi) is 5.89. The number of hydrogen-bond acceptors (Lipinski definition) is 4. The largest absolute Gasteiger partial charge is 0.451 e. The SMILES string of the molecule is CCOC1CCN(C(CN)c2cc(Br)c(Br)o2)CC1. The standard InChI is InChI=1S/C13H20Br2N2O2/c1-2-18-9-3-5-17(6-4-9)11(8-16)12-7-10(14)13(15)19-12/h7,9,11H,2-6,8,16H2,1H3. The Balaban J connectivity index is 1.99. The summed E-state index contributed by atoms with van der Waals surface area (Å²) in [5, 5.41) is 0. The molecular formula is C13H20Br2N2O2. The maximum absolute atomic E-state index is 5.92. The first kappa shape index (κ1) is 15.5. The third-order valence-electron chi connectivity index (χ3n) is 3.54. The van der Waals surface area contributed by atoms with Gasteiger partial charge in [-0.2, -0.15) is 0 Å². The van der Waals surface area contributed by atoms with E-state index in [1.807, 2.05) is 13.0 Å². The number of hydrogen-bond donors (Lipinski definition) is 1. The molecule has 0 aliphatic carbocycles. The van der Waals surface area contributed by atoms with Gasteiger partial charge in [0.15, 0.2) is 4.67 Å². The summed E-state index contributed by atoms with van der Waals surface area (Å²) in [4.78, 5) is 2.38. The molecule has 6 heteroatoms. The lowest BCUT2D eigenvalue weighted by Crippen LogP contribution is -2.41. The van der Waals surface area contributed by atoms with Crippen molar-refractivity contribution in [2.75, 3.05) is 26.2 Å². The van der Waals surface area contributed by atoms with Crippen molar-refractivity contribution in [3.05, 3.63) is 21.0 Å². The fourth-order valence-electron chi connectivity index (χ4n) is 2.56. The highest BCUT2D eigenvalue weighted by Crippen LogP contribution is 2.33. The van der Waals surface area contributed by atoms with Gasteiger partial charge < -0.3 is 14.9 Å². The first-order chi connectivity index (χ1) is 9.15. The Morgan fingerprint density at radius 1 is 1.47 bits per heavy atom. The molecule has 1 aromatic heterocycles. The molecule has 19 heavy (non-hydrogen) atoms. The van der Waals surface area contributed by atoms with Crippen molar-refractivity contribution in [3.8, 4) is 0 Å². The van der Waals surface area contributed by atoms with Crippen molar-refractivity contribution in [1.29, 1.82) is 0 Å². The zero-order valence-electron chi connectivity index (χ0n) is 11.1. The summed E-state index contributed by atoms with van der Waals surface area (Å²) in [6, 6.07) is 2.14. The van der Waals surface area contributed by atoms with Gasteiger partial charge in [-0.25, -0.2) is 0 Å². The molecule has 0 aromatic carbocycles. The molecule has 2 heterocycles. The van der Waals surface area contributed by atoms with Crippen LogP contribution in [0, 0.1) is 0 Å². The van der Waals surface area contributed by atoms with E-state index >= 15 is 0 Å². The van der Waals surface area contributed by atoms with E-state index in [4.69, 9.17) is 14.9 Å². The Labute approximate surface area is 130 Å². The number of nitrogens with zero attached hydrogens (tertiary/aromatic N) is 1. The topological polar surface area (TPSA) is 51.6 Å². The monoisotopic (exact) mass is 394 g/mol. The molecule has 0 bridgehead atoms. The second kappa shape index (κ2) is 7.22. The van der Waals surface area contributed by atoms with Crippen molar-refractivity contribution in [3.63, 3.8) is 0 Å². The number of halogens is 2. The molecule has 108 valence electrons. The van der Waals surface area contributed by atoms with Crippen LogP contribution in [0.4, 0.5) is 0 Å². The average molecular weight is 396 g/mol. The van der Waals surface area contributed by atoms with Crippen LogP contribution in [-0.4, -0.2) is 37.2 Å². The quantitative estimate of drug-likeness (QED) is 0.830. The van der Waals surface area contributed by atoms with Gasteiger partial charge >= 0.3 is 0 Å². The molecule has 0 amide bonds. The maximum Gasteiger partial charge on any atom is 0.183 e. The van der Waals surface area contributed by atoms with E-state index < -0.39 is 0 Å². The summed E-state index contributed by atoms with van der Waals surface area (Å²) >= 11 is 6.82. The lowest BCUT2D eigenvalue weighted by molar-refractivity contribution is 0.00216. The number of ether oxygens (including phenoxy) is 1. The molecule has 2 N–H and O–H groups in total. The van der Waals surface area contributed by atoms with E-state index in [2.05, 4.69) is 36.8 Å². The minimum absolute atomic E-state index is 0.144. The highest BCUT2D eigenvalue weighted by molar-refractivity contribution is 9.13. The van der Waals surface area contributed by atoms with Gasteiger partial charge in [0.2, 0.25) is 0 Å². The van der Waals surface area contributed by atoms with Gasteiger partial charge in [0, 0.05) is 26.2 Å². The first-order valence-electron chi connectivity index (χ1n) is 6.66. The van der Waals surface area contributed by atoms with Gasteiger partial charge in [-0.05, 0) is 57.7 Å². The Morgan fingerprint density at radius 2 is 2.16 bits per heavy atom. The van der Waals surface area contributed by atoms with Crippen LogP contribution in [0.2, 0.25) is 0 Å². The summed E-state index contributed by atoms with van der Waals surface area (Å²) in [5.74, 6) is 0.913. The zero-order valence-corrected chi connectivity index (χ0v) is 14.2. The van der Waals surface area contributed by atoms with E-state index in [0.717, 1.165) is 47.4 Å². The van der Waals surface area contributed by atoms with E-state index in [0.29, 0.717) is 12.6 Å². The smallest absolute Gasteiger partial charge is 0.183 e. The summed E-state index contributed by atoms with van der Waals surface area (Å²) in [6.07, 6.45) is 2.52. The van der Waals surface area contributed by atoms with E-state index in [1.54, 1.807) is 0 Å². The minimum Gasteiger partial charge on any atom is -0.451 e. The Bertz CT molecular complexity index is 384. The summed E-state index contributed by atoms with van der Waals surface area (Å²) < 4.78 is 13.1. The minimum atomic E-state index is 0.144. The Morgan fingerprint density at radius 3 is 2.63 bits per heavy atom. The van der Waals surface area contributed by atoms with Crippen molar-refractivity contribution < 1.29 is 9.15 Å². The molecule has 4 nitrogen and oxygen atoms in total. The van der Waals surface area contributed by atoms with E-state index in [9.17, 15) is 0 Å². The van der Waals surface area contributed by atoms with Crippen molar-refractivity contribution in [1.82, 2.24) is 4.90 Å². The van der Waals surface area contributed by atoms with E-state index in [1.165, 1.54) is 0 Å². The van der Waals surface area contributed by atoms with E-state index in [-0.39, 0.29) is 6.04 Å². The van der Waals surface area contributed by atoms with Gasteiger partial charge in [-0.1, -0.05) is 0 Å². The number of furan rings is 1. The molecule has 0 saturated carbocycles. The number of nitrogens with two attached hydrogens (primary N) is 1. The maximum atomic E-state index is 5.92. The second-order valence-electron chi connectivity index (χ2n) is 4.71. The fourth-order valence-corrected chi connectivity index (χ4v) is 3.17. The predicted molar refractivity (Wildman–Crippen MR) is 82.1 cm³/mol. The van der Waals surface area contributed by atoms with Gasteiger partial charge in [-0.3, -0.25) is 4.90 Å². The third kappa shape index (κ3) is 3.82. The average Bonchev–Trinajstić information content (AvgIpc) is 2.73. The highest BCUT2D eigenvalue weighted by Gasteiger charge is 2.28. The predicted octanol–water partition coefficient (Wildman–Crippen LogP) is 3.31. The molecule has 1 atom stereocenters. The molecule has 1 aliphatic heterocycles. The van der Waals surface area contributed by atoms with Crippen LogP contribution in [0.1, 0.15) is 31.6 Å². The number of piperidine rings is 1. The normalized spacial score (nSPS) is 19.8. The van der Waals surface area contributed by atoms with Gasteiger partial charge in [0.25, 0.3) is 0 Å². The molecule has 0 radical (unpaired) electrons. The third-order valence-corrected chi connectivity index (χ3v) is 5.25. The molecule has 1 fully saturated rings. The van der Waals surface area contributed by atoms with Crippen molar-refractivity contribution >= 4 is 31.9 Å². The van der Waals surface area contributed by atoms with Crippen LogP contribution in [-0.2, 0) is 4.74 Å². The van der Waals surface area contributed by atoms with Crippen LogP contribution in [0.25, 0.3) is 0 Å². The number of rotatable bonds is 5. The highest BCUT2D eigenvalue weighted by atomic mass is 79.9. The fraction of sp³-hybridized carbons (Fsp3) is 0.692. The second-order valence-corrected chi connectivity index (χ2v) is 6.29. The summed E-state index contributed by atoms with van der Waals surface area (Å²) in [7, 11) is 0. The van der Waals surface area contributed by atoms with Crippen molar-refractivity contribution in [2.24, 2.45) is 5.73 Å². The lowest BCUT2D eigenvalue weighted by Gasteiger charge is -2.36. The van der Waals surface area contributed by atoms with Crippen LogP contribution in [0.5, 0.6) is 0 Å².